The lowest BCUT2D eigenvalue weighted by molar-refractivity contribution is -0.0200. The van der Waals surface area contributed by atoms with Gasteiger partial charge in [0.15, 0.2) is 0 Å². The maximum atomic E-state index is 10.9. The molecule has 0 unspecified atom stereocenters. The number of hydrogen-bond donors (Lipinski definition) is 2. The highest BCUT2D eigenvalue weighted by molar-refractivity contribution is 5.48. The largest absolute Gasteiger partial charge is 0.385 e. The number of anilines is 1. The van der Waals surface area contributed by atoms with E-state index in [0.717, 1.165) is 42.7 Å². The number of aromatic nitrogens is 1. The van der Waals surface area contributed by atoms with E-state index in [9.17, 15) is 5.11 Å². The van der Waals surface area contributed by atoms with E-state index in [1.807, 2.05) is 13.0 Å². The zero-order valence-electron chi connectivity index (χ0n) is 11.6. The molecule has 0 aromatic carbocycles. The van der Waals surface area contributed by atoms with Gasteiger partial charge in [0.2, 0.25) is 0 Å². The summed E-state index contributed by atoms with van der Waals surface area (Å²) in [6.45, 7) is 6.53. The van der Waals surface area contributed by atoms with Crippen LogP contribution in [-0.4, -0.2) is 10.1 Å². The summed E-state index contributed by atoms with van der Waals surface area (Å²) in [5, 5.41) is 10.9. The van der Waals surface area contributed by atoms with Crippen LogP contribution in [0.4, 0.5) is 5.82 Å². The lowest BCUT2D eigenvalue weighted by atomic mass is 9.71. The van der Waals surface area contributed by atoms with E-state index in [2.05, 4.69) is 18.8 Å². The van der Waals surface area contributed by atoms with Gasteiger partial charge in [-0.2, -0.15) is 0 Å². The summed E-state index contributed by atoms with van der Waals surface area (Å²) in [5.74, 6) is 1.91. The van der Waals surface area contributed by atoms with Crippen molar-refractivity contribution in [3.05, 3.63) is 23.4 Å². The highest BCUT2D eigenvalue weighted by Crippen LogP contribution is 2.44. The van der Waals surface area contributed by atoms with Crippen LogP contribution in [0.2, 0.25) is 0 Å². The third-order valence-corrected chi connectivity index (χ3v) is 4.45. The third-order valence-electron chi connectivity index (χ3n) is 4.45. The van der Waals surface area contributed by atoms with Crippen molar-refractivity contribution in [3.63, 3.8) is 0 Å². The van der Waals surface area contributed by atoms with Gasteiger partial charge in [0.05, 0.1) is 5.60 Å². The van der Waals surface area contributed by atoms with Gasteiger partial charge in [0.1, 0.15) is 5.82 Å². The van der Waals surface area contributed by atoms with Crippen LogP contribution in [0.3, 0.4) is 0 Å². The minimum atomic E-state index is -0.770. The average molecular weight is 248 g/mol. The van der Waals surface area contributed by atoms with Gasteiger partial charge < -0.3 is 10.8 Å². The molecule has 2 rings (SSSR count). The second-order valence-corrected chi connectivity index (χ2v) is 6.00. The van der Waals surface area contributed by atoms with E-state index in [-0.39, 0.29) is 0 Å². The van der Waals surface area contributed by atoms with Crippen LogP contribution >= 0.6 is 0 Å². The van der Waals surface area contributed by atoms with Crippen molar-refractivity contribution in [1.29, 1.82) is 0 Å². The lowest BCUT2D eigenvalue weighted by Gasteiger charge is -2.38. The van der Waals surface area contributed by atoms with Gasteiger partial charge in [-0.05, 0) is 56.1 Å². The smallest absolute Gasteiger partial charge is 0.129 e. The van der Waals surface area contributed by atoms with Crippen molar-refractivity contribution < 1.29 is 5.11 Å². The quantitative estimate of drug-likeness (QED) is 0.845. The molecular formula is C15H24N2O. The molecule has 0 saturated heterocycles. The number of hydrogen-bond acceptors (Lipinski definition) is 3. The first-order chi connectivity index (χ1) is 8.44. The van der Waals surface area contributed by atoms with E-state index in [1.54, 1.807) is 6.20 Å². The van der Waals surface area contributed by atoms with E-state index in [4.69, 9.17) is 5.73 Å². The van der Waals surface area contributed by atoms with Crippen LogP contribution < -0.4 is 5.73 Å². The summed E-state index contributed by atoms with van der Waals surface area (Å²) in [6, 6.07) is 1.93. The first-order valence-electron chi connectivity index (χ1n) is 6.88. The summed E-state index contributed by atoms with van der Waals surface area (Å²) in [6.07, 6.45) is 5.44. The Bertz CT molecular complexity index is 400. The molecule has 3 heteroatoms. The van der Waals surface area contributed by atoms with Crippen LogP contribution in [0.15, 0.2) is 12.3 Å². The molecule has 0 bridgehead atoms. The molecule has 1 fully saturated rings. The molecule has 18 heavy (non-hydrogen) atoms. The second kappa shape index (κ2) is 4.88. The summed E-state index contributed by atoms with van der Waals surface area (Å²) in [7, 11) is 0. The van der Waals surface area contributed by atoms with E-state index in [1.165, 1.54) is 0 Å². The molecule has 1 aromatic rings. The maximum absolute atomic E-state index is 10.9. The highest BCUT2D eigenvalue weighted by Gasteiger charge is 2.38. The van der Waals surface area contributed by atoms with Crippen molar-refractivity contribution in [2.24, 2.45) is 11.8 Å². The molecule has 1 aliphatic rings. The maximum Gasteiger partial charge on any atom is 0.129 e. The molecule has 0 radical (unpaired) electrons. The predicted octanol–water partition coefficient (Wildman–Crippen LogP) is 3.01. The van der Waals surface area contributed by atoms with Crippen molar-refractivity contribution in [2.45, 2.75) is 52.1 Å². The summed E-state index contributed by atoms with van der Waals surface area (Å²) >= 11 is 0. The van der Waals surface area contributed by atoms with E-state index >= 15 is 0 Å². The average Bonchev–Trinajstić information content (AvgIpc) is 2.29. The molecule has 100 valence electrons. The number of rotatable bonds is 2. The van der Waals surface area contributed by atoms with Gasteiger partial charge in [-0.1, -0.05) is 13.8 Å². The zero-order valence-corrected chi connectivity index (χ0v) is 11.6. The molecule has 0 amide bonds. The van der Waals surface area contributed by atoms with Gasteiger partial charge >= 0.3 is 0 Å². The fourth-order valence-corrected chi connectivity index (χ4v) is 3.22. The Labute approximate surface area is 109 Å². The predicted molar refractivity (Wildman–Crippen MR) is 74.1 cm³/mol. The first kappa shape index (κ1) is 13.3. The van der Waals surface area contributed by atoms with Crippen LogP contribution in [0, 0.1) is 18.8 Å². The summed E-state index contributed by atoms with van der Waals surface area (Å²) in [4.78, 5) is 4.13. The molecule has 0 atom stereocenters. The van der Waals surface area contributed by atoms with Crippen molar-refractivity contribution in [1.82, 2.24) is 4.98 Å². The van der Waals surface area contributed by atoms with Crippen LogP contribution in [0.25, 0.3) is 0 Å². The second-order valence-electron chi connectivity index (χ2n) is 6.00. The Morgan fingerprint density at radius 3 is 2.50 bits per heavy atom. The van der Waals surface area contributed by atoms with Crippen molar-refractivity contribution in [3.8, 4) is 0 Å². The minimum absolute atomic E-state index is 0.487. The van der Waals surface area contributed by atoms with Gasteiger partial charge in [0.25, 0.3) is 0 Å². The normalized spacial score (nSPS) is 28.6. The molecular weight excluding hydrogens is 224 g/mol. The molecule has 3 N–H and O–H groups in total. The number of aryl methyl sites for hydroxylation is 1. The third kappa shape index (κ3) is 2.37. The van der Waals surface area contributed by atoms with E-state index in [0.29, 0.717) is 11.7 Å². The van der Waals surface area contributed by atoms with Crippen molar-refractivity contribution >= 4 is 5.82 Å². The standard InChI is InChI=1S/C15H24N2O/c1-10(2)12-4-7-15(18,8-5-12)13-11(3)6-9-17-14(13)16/h6,9-10,12,18H,4-5,7-8H2,1-3H3,(H2,16,17). The number of nitrogens with zero attached hydrogens (tertiary/aromatic N) is 1. The monoisotopic (exact) mass is 248 g/mol. The first-order valence-corrected chi connectivity index (χ1v) is 6.88. The molecule has 0 spiro atoms. The van der Waals surface area contributed by atoms with Gasteiger partial charge in [-0.3, -0.25) is 0 Å². The van der Waals surface area contributed by atoms with E-state index < -0.39 is 5.60 Å². The highest BCUT2D eigenvalue weighted by atomic mass is 16.3. The molecule has 1 aromatic heterocycles. The van der Waals surface area contributed by atoms with Gasteiger partial charge in [-0.15, -0.1) is 0 Å². The Balaban J connectivity index is 2.24. The number of nitrogen functional groups attached to an aromatic ring is 1. The topological polar surface area (TPSA) is 59.1 Å². The fourth-order valence-electron chi connectivity index (χ4n) is 3.22. The Kier molecular flexibility index (Phi) is 3.62. The van der Waals surface area contributed by atoms with Crippen molar-refractivity contribution in [2.75, 3.05) is 5.73 Å². The Morgan fingerprint density at radius 2 is 2.00 bits per heavy atom. The Morgan fingerprint density at radius 1 is 1.39 bits per heavy atom. The Hall–Kier alpha value is -1.09. The SMILES string of the molecule is Cc1ccnc(N)c1C1(O)CCC(C(C)C)CC1. The molecule has 1 aliphatic carbocycles. The summed E-state index contributed by atoms with van der Waals surface area (Å²) in [5.41, 5.74) is 7.09. The van der Waals surface area contributed by atoms with Gasteiger partial charge in [-0.25, -0.2) is 4.98 Å². The van der Waals surface area contributed by atoms with Crippen LogP contribution in [0.5, 0.6) is 0 Å². The van der Waals surface area contributed by atoms with Crippen LogP contribution in [0.1, 0.15) is 50.7 Å². The minimum Gasteiger partial charge on any atom is -0.385 e. The zero-order chi connectivity index (χ0) is 13.3. The van der Waals surface area contributed by atoms with Gasteiger partial charge in [0, 0.05) is 11.8 Å². The number of nitrogens with two attached hydrogens (primary N) is 1. The fraction of sp³-hybridized carbons (Fsp3) is 0.667. The molecule has 3 nitrogen and oxygen atoms in total. The molecule has 1 heterocycles. The molecule has 0 aliphatic heterocycles. The lowest BCUT2D eigenvalue weighted by Crippen LogP contribution is -2.34. The molecule has 1 saturated carbocycles. The van der Waals surface area contributed by atoms with Crippen LogP contribution in [-0.2, 0) is 5.60 Å². The number of pyridine rings is 1. The summed E-state index contributed by atoms with van der Waals surface area (Å²) < 4.78 is 0. The number of aliphatic hydroxyl groups is 1.